The number of carbonyl (C=O) groups excluding carboxylic acids is 3. The van der Waals surface area contributed by atoms with Crippen molar-refractivity contribution in [1.29, 1.82) is 0 Å². The van der Waals surface area contributed by atoms with Gasteiger partial charge in [0.1, 0.15) is 6.04 Å². The summed E-state index contributed by atoms with van der Waals surface area (Å²) in [5.74, 6) is -1.88. The Hall–Kier alpha value is -3.81. The van der Waals surface area contributed by atoms with Gasteiger partial charge in [0.05, 0.1) is 23.6 Å². The predicted octanol–water partition coefficient (Wildman–Crippen LogP) is 1.29. The molecule has 4 aliphatic heterocycles. The number of anilines is 2. The van der Waals surface area contributed by atoms with E-state index in [2.05, 4.69) is 0 Å². The standard InChI is InChI=1S/C22H17N3O5/c23-20(26)19-18-17(14-7-5-11-3-1-2-4-13(11)25(14)19)21(27)24(22(18)28)12-6-8-15-16(9-12)30-10-29-15/h1-9,14,17-19H,10H2,(H2,23,26)/t14-,17+,18-,19-/m0/s1. The van der Waals surface area contributed by atoms with Crippen LogP contribution in [-0.4, -0.2) is 36.6 Å². The van der Waals surface area contributed by atoms with Crippen LogP contribution in [0, 0.1) is 11.8 Å². The summed E-state index contributed by atoms with van der Waals surface area (Å²) in [6, 6.07) is 11.2. The number of ether oxygens (including phenoxy) is 2. The lowest BCUT2D eigenvalue weighted by Gasteiger charge is -2.35. The molecule has 150 valence electrons. The number of nitrogens with two attached hydrogens (primary N) is 1. The summed E-state index contributed by atoms with van der Waals surface area (Å²) in [5, 5.41) is 0. The number of benzene rings is 2. The zero-order valence-electron chi connectivity index (χ0n) is 15.7. The molecular formula is C22H17N3O5. The monoisotopic (exact) mass is 403 g/mol. The maximum Gasteiger partial charge on any atom is 0.241 e. The van der Waals surface area contributed by atoms with E-state index in [4.69, 9.17) is 15.2 Å². The van der Waals surface area contributed by atoms with Gasteiger partial charge in [0, 0.05) is 11.8 Å². The van der Waals surface area contributed by atoms with Gasteiger partial charge in [-0.15, -0.1) is 0 Å². The van der Waals surface area contributed by atoms with E-state index in [-0.39, 0.29) is 12.7 Å². The zero-order chi connectivity index (χ0) is 20.6. The molecule has 30 heavy (non-hydrogen) atoms. The summed E-state index contributed by atoms with van der Waals surface area (Å²) >= 11 is 0. The number of imide groups is 1. The lowest BCUT2D eigenvalue weighted by Crippen LogP contribution is -2.50. The molecule has 4 atom stereocenters. The Morgan fingerprint density at radius 1 is 1.00 bits per heavy atom. The Morgan fingerprint density at radius 3 is 2.60 bits per heavy atom. The highest BCUT2D eigenvalue weighted by atomic mass is 16.7. The second kappa shape index (κ2) is 5.85. The van der Waals surface area contributed by atoms with Crippen LogP contribution in [-0.2, 0) is 14.4 Å². The molecule has 0 saturated carbocycles. The van der Waals surface area contributed by atoms with E-state index in [0.29, 0.717) is 17.2 Å². The van der Waals surface area contributed by atoms with Gasteiger partial charge in [-0.3, -0.25) is 14.4 Å². The minimum Gasteiger partial charge on any atom is -0.454 e. The summed E-state index contributed by atoms with van der Waals surface area (Å²) < 4.78 is 10.7. The maximum atomic E-state index is 13.5. The molecule has 2 fully saturated rings. The van der Waals surface area contributed by atoms with Crippen LogP contribution in [0.1, 0.15) is 5.56 Å². The third-order valence-electron chi connectivity index (χ3n) is 6.32. The van der Waals surface area contributed by atoms with Gasteiger partial charge in [-0.1, -0.05) is 30.4 Å². The van der Waals surface area contributed by atoms with Gasteiger partial charge in [0.25, 0.3) is 0 Å². The van der Waals surface area contributed by atoms with E-state index >= 15 is 0 Å². The SMILES string of the molecule is NC(=O)[C@@H]1[C@H]2C(=O)N(c3ccc4c(c3)OCO4)C(=O)[C@@H]2[C@@H]2C=Cc3ccccc3N12. The number of para-hydroxylation sites is 1. The van der Waals surface area contributed by atoms with Gasteiger partial charge >= 0.3 is 0 Å². The first kappa shape index (κ1) is 17.1. The normalized spacial score (nSPS) is 27.9. The van der Waals surface area contributed by atoms with Gasteiger partial charge in [-0.25, -0.2) is 4.90 Å². The first-order valence-corrected chi connectivity index (χ1v) is 9.68. The van der Waals surface area contributed by atoms with Crippen LogP contribution in [0.25, 0.3) is 6.08 Å². The number of amides is 3. The van der Waals surface area contributed by atoms with Gasteiger partial charge < -0.3 is 20.1 Å². The fourth-order valence-electron chi connectivity index (χ4n) is 5.12. The molecule has 0 bridgehead atoms. The van der Waals surface area contributed by atoms with Crippen LogP contribution >= 0.6 is 0 Å². The average molecular weight is 403 g/mol. The highest BCUT2D eigenvalue weighted by Crippen LogP contribution is 2.49. The topological polar surface area (TPSA) is 102 Å². The quantitative estimate of drug-likeness (QED) is 0.759. The minimum atomic E-state index is -0.901. The first-order chi connectivity index (χ1) is 14.6. The van der Waals surface area contributed by atoms with Crippen molar-refractivity contribution in [3.63, 3.8) is 0 Å². The second-order valence-electron chi connectivity index (χ2n) is 7.76. The van der Waals surface area contributed by atoms with Crippen molar-refractivity contribution in [3.8, 4) is 11.5 Å². The van der Waals surface area contributed by atoms with E-state index in [1.807, 2.05) is 41.3 Å². The molecule has 0 spiro atoms. The van der Waals surface area contributed by atoms with E-state index in [9.17, 15) is 14.4 Å². The molecule has 0 aromatic heterocycles. The van der Waals surface area contributed by atoms with Crippen LogP contribution in [0.5, 0.6) is 11.5 Å². The molecule has 2 N–H and O–H groups in total. The lowest BCUT2D eigenvalue weighted by molar-refractivity contribution is -0.127. The summed E-state index contributed by atoms with van der Waals surface area (Å²) in [4.78, 5) is 42.4. The van der Waals surface area contributed by atoms with Crippen LogP contribution in [0.2, 0.25) is 0 Å². The second-order valence-corrected chi connectivity index (χ2v) is 7.76. The van der Waals surface area contributed by atoms with E-state index in [1.54, 1.807) is 18.2 Å². The summed E-state index contributed by atoms with van der Waals surface area (Å²) in [6.07, 6.45) is 3.81. The van der Waals surface area contributed by atoms with Crippen LogP contribution in [0.3, 0.4) is 0 Å². The van der Waals surface area contributed by atoms with E-state index in [0.717, 1.165) is 16.2 Å². The molecule has 6 rings (SSSR count). The molecular weight excluding hydrogens is 386 g/mol. The van der Waals surface area contributed by atoms with Gasteiger partial charge in [0.2, 0.25) is 24.5 Å². The highest BCUT2D eigenvalue weighted by Gasteiger charge is 2.64. The smallest absolute Gasteiger partial charge is 0.241 e. The molecule has 2 aromatic rings. The molecule has 0 unspecified atom stereocenters. The number of primary amides is 1. The summed E-state index contributed by atoms with van der Waals surface area (Å²) in [7, 11) is 0. The van der Waals surface area contributed by atoms with Crippen molar-refractivity contribution in [3.05, 3.63) is 54.1 Å². The molecule has 3 amide bonds. The summed E-state index contributed by atoms with van der Waals surface area (Å²) in [5.41, 5.74) is 7.89. The number of rotatable bonds is 2. The van der Waals surface area contributed by atoms with Crippen LogP contribution < -0.4 is 25.0 Å². The van der Waals surface area contributed by atoms with Crippen molar-refractivity contribution < 1.29 is 23.9 Å². The molecule has 8 nitrogen and oxygen atoms in total. The minimum absolute atomic E-state index is 0.0942. The van der Waals surface area contributed by atoms with Gasteiger partial charge in [0.15, 0.2) is 11.5 Å². The van der Waals surface area contributed by atoms with Crippen molar-refractivity contribution in [2.75, 3.05) is 16.6 Å². The predicted molar refractivity (Wildman–Crippen MR) is 107 cm³/mol. The Bertz CT molecular complexity index is 1160. The zero-order valence-corrected chi connectivity index (χ0v) is 15.7. The molecule has 4 heterocycles. The lowest BCUT2D eigenvalue weighted by atomic mass is 9.88. The van der Waals surface area contributed by atoms with Crippen LogP contribution in [0.4, 0.5) is 11.4 Å². The third-order valence-corrected chi connectivity index (χ3v) is 6.32. The molecule has 2 aromatic carbocycles. The van der Waals surface area contributed by atoms with Crippen molar-refractivity contribution in [1.82, 2.24) is 0 Å². The Balaban J connectivity index is 1.45. The maximum absolute atomic E-state index is 13.5. The Morgan fingerprint density at radius 2 is 1.77 bits per heavy atom. The largest absolute Gasteiger partial charge is 0.454 e. The first-order valence-electron chi connectivity index (χ1n) is 9.68. The third kappa shape index (κ3) is 2.07. The van der Waals surface area contributed by atoms with E-state index < -0.39 is 35.7 Å². The van der Waals surface area contributed by atoms with Gasteiger partial charge in [-0.05, 0) is 23.8 Å². The highest BCUT2D eigenvalue weighted by molar-refractivity contribution is 6.24. The number of nitrogens with zero attached hydrogens (tertiary/aromatic N) is 2. The van der Waals surface area contributed by atoms with Crippen molar-refractivity contribution in [2.45, 2.75) is 12.1 Å². The molecule has 4 aliphatic rings. The van der Waals surface area contributed by atoms with Crippen LogP contribution in [0.15, 0.2) is 48.5 Å². The van der Waals surface area contributed by atoms with Crippen molar-refractivity contribution >= 4 is 35.2 Å². The molecule has 8 heteroatoms. The number of fused-ring (bicyclic) bond motifs is 6. The van der Waals surface area contributed by atoms with E-state index in [1.165, 1.54) is 0 Å². The van der Waals surface area contributed by atoms with Crippen molar-refractivity contribution in [2.24, 2.45) is 17.6 Å². The molecule has 2 saturated heterocycles. The number of hydrogen-bond acceptors (Lipinski definition) is 6. The molecule has 0 aliphatic carbocycles. The molecule has 0 radical (unpaired) electrons. The number of carbonyl (C=O) groups is 3. The number of hydrogen-bond donors (Lipinski definition) is 1. The fraction of sp³-hybridized carbons (Fsp3) is 0.227. The Kier molecular flexibility index (Phi) is 3.33. The fourth-order valence-corrected chi connectivity index (χ4v) is 5.12. The Labute approximate surface area is 171 Å². The van der Waals surface area contributed by atoms with Gasteiger partial charge in [-0.2, -0.15) is 0 Å². The summed E-state index contributed by atoms with van der Waals surface area (Å²) in [6.45, 7) is 0.0942. The average Bonchev–Trinajstić information content (AvgIpc) is 3.41.